The monoisotopic (exact) mass is 309 g/mol. The molecule has 0 saturated carbocycles. The van der Waals surface area contributed by atoms with E-state index in [4.69, 9.17) is 23.2 Å². The molecular formula is C15H13Cl2NO2. The Balaban J connectivity index is 2.02. The Morgan fingerprint density at radius 1 is 1.15 bits per heavy atom. The van der Waals surface area contributed by atoms with Crippen LogP contribution in [0.2, 0.25) is 5.02 Å². The average Bonchev–Trinajstić information content (AvgIpc) is 2.46. The highest BCUT2D eigenvalue weighted by molar-refractivity contribution is 6.31. The zero-order valence-electron chi connectivity index (χ0n) is 10.6. The van der Waals surface area contributed by atoms with E-state index in [2.05, 4.69) is 0 Å². The molecule has 5 heteroatoms. The molecule has 0 amide bonds. The Labute approximate surface area is 127 Å². The minimum Gasteiger partial charge on any atom is -0.258 e. The molecule has 0 aliphatic heterocycles. The van der Waals surface area contributed by atoms with E-state index in [9.17, 15) is 10.1 Å². The quantitative estimate of drug-likeness (QED) is 0.435. The molecule has 2 rings (SSSR count). The van der Waals surface area contributed by atoms with Crippen molar-refractivity contribution in [2.45, 2.75) is 18.2 Å². The molecule has 2 aromatic rings. The van der Waals surface area contributed by atoms with E-state index >= 15 is 0 Å². The number of nitrogens with zero attached hydrogens (tertiary/aromatic N) is 1. The summed E-state index contributed by atoms with van der Waals surface area (Å²) in [4.78, 5) is 10.2. The molecule has 0 bridgehead atoms. The maximum Gasteiger partial charge on any atom is 0.270 e. The Morgan fingerprint density at radius 3 is 2.45 bits per heavy atom. The molecule has 0 spiro atoms. The second kappa shape index (κ2) is 6.73. The number of non-ortho nitro benzene ring substituents is 1. The fourth-order valence-electron chi connectivity index (χ4n) is 1.96. The van der Waals surface area contributed by atoms with Crippen molar-refractivity contribution in [3.63, 3.8) is 0 Å². The van der Waals surface area contributed by atoms with Gasteiger partial charge in [0.2, 0.25) is 0 Å². The van der Waals surface area contributed by atoms with Crippen molar-refractivity contribution in [2.75, 3.05) is 0 Å². The smallest absolute Gasteiger partial charge is 0.258 e. The molecule has 1 atom stereocenters. The number of halogens is 2. The van der Waals surface area contributed by atoms with Crippen LogP contribution >= 0.6 is 23.2 Å². The van der Waals surface area contributed by atoms with Crippen molar-refractivity contribution in [3.8, 4) is 0 Å². The highest BCUT2D eigenvalue weighted by Gasteiger charge is 2.12. The third-order valence-electron chi connectivity index (χ3n) is 3.08. The van der Waals surface area contributed by atoms with Gasteiger partial charge in [-0.2, -0.15) is 0 Å². The highest BCUT2D eigenvalue weighted by atomic mass is 35.5. The summed E-state index contributed by atoms with van der Waals surface area (Å²) in [5.41, 5.74) is 1.94. The van der Waals surface area contributed by atoms with E-state index in [-0.39, 0.29) is 11.1 Å². The van der Waals surface area contributed by atoms with Crippen LogP contribution in [0, 0.1) is 10.1 Å². The third-order valence-corrected chi connectivity index (χ3v) is 3.90. The first kappa shape index (κ1) is 14.8. The summed E-state index contributed by atoms with van der Waals surface area (Å²) in [6.07, 6.45) is 1.41. The topological polar surface area (TPSA) is 43.1 Å². The number of hydrogen-bond acceptors (Lipinski definition) is 2. The van der Waals surface area contributed by atoms with Gasteiger partial charge in [-0.15, -0.1) is 11.6 Å². The Kier molecular flexibility index (Phi) is 4.99. The first-order chi connectivity index (χ1) is 9.58. The molecule has 2 aromatic carbocycles. The number of hydrogen-bond donors (Lipinski definition) is 0. The van der Waals surface area contributed by atoms with Crippen LogP contribution in [0.1, 0.15) is 22.9 Å². The lowest BCUT2D eigenvalue weighted by molar-refractivity contribution is -0.384. The number of nitro benzene ring substituents is 1. The van der Waals surface area contributed by atoms with Crippen LogP contribution in [0.3, 0.4) is 0 Å². The summed E-state index contributed by atoms with van der Waals surface area (Å²) in [6.45, 7) is 0. The minimum absolute atomic E-state index is 0.00392. The van der Waals surface area contributed by atoms with E-state index in [0.29, 0.717) is 11.4 Å². The number of nitro groups is 1. The standard InChI is InChI=1S/C15H13Cl2NO2/c16-14(11-4-2-1-3-5-11)9-7-12-6-8-13(18(19)20)10-15(12)17/h1-6,8,10,14H,7,9H2. The van der Waals surface area contributed by atoms with Crippen molar-refractivity contribution < 1.29 is 4.92 Å². The number of rotatable bonds is 5. The van der Waals surface area contributed by atoms with Crippen LogP contribution in [0.25, 0.3) is 0 Å². The average molecular weight is 310 g/mol. The molecule has 0 radical (unpaired) electrons. The fourth-order valence-corrected chi connectivity index (χ4v) is 2.49. The summed E-state index contributed by atoms with van der Waals surface area (Å²) in [5.74, 6) is 0. The molecule has 0 aliphatic carbocycles. The molecular weight excluding hydrogens is 297 g/mol. The molecule has 1 unspecified atom stereocenters. The fraction of sp³-hybridized carbons (Fsp3) is 0.200. The second-order valence-electron chi connectivity index (χ2n) is 4.45. The van der Waals surface area contributed by atoms with Crippen molar-refractivity contribution in [3.05, 3.63) is 74.8 Å². The van der Waals surface area contributed by atoms with Gasteiger partial charge in [0.05, 0.1) is 15.3 Å². The summed E-state index contributed by atoms with van der Waals surface area (Å²) in [5, 5.41) is 11.0. The summed E-state index contributed by atoms with van der Waals surface area (Å²) in [7, 11) is 0. The maximum atomic E-state index is 10.6. The van der Waals surface area contributed by atoms with Crippen molar-refractivity contribution in [2.24, 2.45) is 0 Å². The van der Waals surface area contributed by atoms with Gasteiger partial charge in [-0.05, 0) is 24.0 Å². The van der Waals surface area contributed by atoms with E-state index < -0.39 is 4.92 Å². The molecule has 104 valence electrons. The van der Waals surface area contributed by atoms with Crippen LogP contribution in [0.4, 0.5) is 5.69 Å². The Bertz CT molecular complexity index is 602. The van der Waals surface area contributed by atoms with Crippen LogP contribution in [-0.2, 0) is 6.42 Å². The van der Waals surface area contributed by atoms with Gasteiger partial charge in [-0.1, -0.05) is 48.0 Å². The molecule has 0 aliphatic rings. The molecule has 0 fully saturated rings. The lowest BCUT2D eigenvalue weighted by Gasteiger charge is -2.10. The van der Waals surface area contributed by atoms with Gasteiger partial charge in [0, 0.05) is 12.1 Å². The predicted octanol–water partition coefficient (Wildman–Crippen LogP) is 5.16. The van der Waals surface area contributed by atoms with Gasteiger partial charge in [0.25, 0.3) is 5.69 Å². The zero-order valence-corrected chi connectivity index (χ0v) is 12.1. The Hall–Kier alpha value is -1.58. The van der Waals surface area contributed by atoms with E-state index in [0.717, 1.165) is 17.5 Å². The lowest BCUT2D eigenvalue weighted by Crippen LogP contribution is -1.95. The molecule has 3 nitrogen and oxygen atoms in total. The minimum atomic E-state index is -0.454. The van der Waals surface area contributed by atoms with Crippen LogP contribution in [0.15, 0.2) is 48.5 Å². The van der Waals surface area contributed by atoms with Crippen LogP contribution < -0.4 is 0 Å². The van der Waals surface area contributed by atoms with Gasteiger partial charge < -0.3 is 0 Å². The number of aryl methyl sites for hydroxylation is 1. The zero-order chi connectivity index (χ0) is 14.5. The van der Waals surface area contributed by atoms with E-state index in [1.807, 2.05) is 30.3 Å². The van der Waals surface area contributed by atoms with Crippen molar-refractivity contribution in [1.82, 2.24) is 0 Å². The molecule has 0 N–H and O–H groups in total. The van der Waals surface area contributed by atoms with E-state index in [1.165, 1.54) is 12.1 Å². The Morgan fingerprint density at radius 2 is 1.85 bits per heavy atom. The highest BCUT2D eigenvalue weighted by Crippen LogP contribution is 2.29. The molecule has 0 heterocycles. The first-order valence-corrected chi connectivity index (χ1v) is 7.01. The summed E-state index contributed by atoms with van der Waals surface area (Å²) in [6, 6.07) is 14.3. The predicted molar refractivity (Wildman–Crippen MR) is 81.5 cm³/mol. The van der Waals surface area contributed by atoms with Gasteiger partial charge in [-0.25, -0.2) is 0 Å². The van der Waals surface area contributed by atoms with E-state index in [1.54, 1.807) is 6.07 Å². The largest absolute Gasteiger partial charge is 0.270 e. The van der Waals surface area contributed by atoms with Gasteiger partial charge >= 0.3 is 0 Å². The normalized spacial score (nSPS) is 12.1. The van der Waals surface area contributed by atoms with Crippen molar-refractivity contribution >= 4 is 28.9 Å². The van der Waals surface area contributed by atoms with Gasteiger partial charge in [-0.3, -0.25) is 10.1 Å². The van der Waals surface area contributed by atoms with Crippen LogP contribution in [-0.4, -0.2) is 4.92 Å². The summed E-state index contributed by atoms with van der Waals surface area (Å²) < 4.78 is 0. The van der Waals surface area contributed by atoms with Crippen molar-refractivity contribution in [1.29, 1.82) is 0 Å². The summed E-state index contributed by atoms with van der Waals surface area (Å²) >= 11 is 12.4. The SMILES string of the molecule is O=[N+]([O-])c1ccc(CCC(Cl)c2ccccc2)c(Cl)c1. The first-order valence-electron chi connectivity index (χ1n) is 6.20. The lowest BCUT2D eigenvalue weighted by atomic mass is 10.0. The number of benzene rings is 2. The molecule has 20 heavy (non-hydrogen) atoms. The maximum absolute atomic E-state index is 10.6. The van der Waals surface area contributed by atoms with Gasteiger partial charge in [0.15, 0.2) is 0 Å². The van der Waals surface area contributed by atoms with Gasteiger partial charge in [0.1, 0.15) is 0 Å². The molecule has 0 aromatic heterocycles. The number of alkyl halides is 1. The van der Waals surface area contributed by atoms with Crippen LogP contribution in [0.5, 0.6) is 0 Å². The third kappa shape index (κ3) is 3.71. The molecule has 0 saturated heterocycles. The second-order valence-corrected chi connectivity index (χ2v) is 5.38.